The first-order valence-electron chi connectivity index (χ1n) is 11.2. The summed E-state index contributed by atoms with van der Waals surface area (Å²) in [6.07, 6.45) is -2.80. The molecule has 34 heavy (non-hydrogen) atoms. The molecule has 0 saturated carbocycles. The zero-order valence-electron chi connectivity index (χ0n) is 18.4. The highest BCUT2D eigenvalue weighted by molar-refractivity contribution is 5.93. The van der Waals surface area contributed by atoms with Gasteiger partial charge in [0.05, 0.1) is 42.1 Å². The fraction of sp³-hybridized carbons (Fsp3) is 0.375. The van der Waals surface area contributed by atoms with E-state index in [0.29, 0.717) is 43.1 Å². The van der Waals surface area contributed by atoms with Crippen LogP contribution in [0.5, 0.6) is 0 Å². The van der Waals surface area contributed by atoms with Crippen molar-refractivity contribution in [1.29, 1.82) is 0 Å². The van der Waals surface area contributed by atoms with Crippen molar-refractivity contribution >= 4 is 28.2 Å². The van der Waals surface area contributed by atoms with E-state index in [1.165, 1.54) is 6.07 Å². The van der Waals surface area contributed by atoms with Crippen molar-refractivity contribution in [1.82, 2.24) is 15.1 Å². The zero-order chi connectivity index (χ0) is 23.7. The molecule has 0 aliphatic carbocycles. The summed E-state index contributed by atoms with van der Waals surface area (Å²) in [5.74, 6) is 0.164. The minimum Gasteiger partial charge on any atom is -0.380 e. The lowest BCUT2D eigenvalue weighted by Gasteiger charge is -2.39. The number of amides is 1. The number of carbonyl (C=O) groups excluding carboxylic acids is 1. The maximum absolute atomic E-state index is 13.0. The number of anilines is 2. The first kappa shape index (κ1) is 22.4. The third-order valence-electron chi connectivity index (χ3n) is 6.30. The van der Waals surface area contributed by atoms with Gasteiger partial charge in [0, 0.05) is 43.8 Å². The minimum absolute atomic E-state index is 0.00347. The lowest BCUT2D eigenvalue weighted by Crippen LogP contribution is -2.53. The summed E-state index contributed by atoms with van der Waals surface area (Å²) in [5.41, 5.74) is 2.24. The van der Waals surface area contributed by atoms with E-state index in [4.69, 9.17) is 4.74 Å². The second kappa shape index (κ2) is 9.09. The SMILES string of the molecule is O=C(C1COC1)N1CCN(c2ccc3nncc(NCc4cccc(C(F)(F)F)c4)c3c2)CC1. The van der Waals surface area contributed by atoms with Crippen LogP contribution in [0.1, 0.15) is 11.1 Å². The van der Waals surface area contributed by atoms with Gasteiger partial charge in [0.2, 0.25) is 5.91 Å². The predicted molar refractivity (Wildman–Crippen MR) is 121 cm³/mol. The van der Waals surface area contributed by atoms with Gasteiger partial charge >= 0.3 is 6.18 Å². The van der Waals surface area contributed by atoms with Crippen LogP contribution < -0.4 is 10.2 Å². The van der Waals surface area contributed by atoms with E-state index in [9.17, 15) is 18.0 Å². The fourth-order valence-corrected chi connectivity index (χ4v) is 4.26. The van der Waals surface area contributed by atoms with Crippen molar-refractivity contribution in [2.24, 2.45) is 5.92 Å². The standard InChI is InChI=1S/C24H24F3N5O2/c25-24(26,27)18-3-1-2-16(10-18)12-28-22-13-29-30-21-5-4-19(11-20(21)22)31-6-8-32(9-7-31)23(33)17-14-34-15-17/h1-5,10-11,13,17H,6-9,12,14-15H2,(H,28,30). The summed E-state index contributed by atoms with van der Waals surface area (Å²) in [4.78, 5) is 16.6. The number of rotatable bonds is 5. The number of hydrogen-bond acceptors (Lipinski definition) is 6. The van der Waals surface area contributed by atoms with Crippen molar-refractivity contribution < 1.29 is 22.7 Å². The maximum atomic E-state index is 13.0. The maximum Gasteiger partial charge on any atom is 0.416 e. The van der Waals surface area contributed by atoms with Crippen LogP contribution in [-0.2, 0) is 22.3 Å². The zero-order valence-corrected chi connectivity index (χ0v) is 18.4. The molecule has 1 amide bonds. The van der Waals surface area contributed by atoms with E-state index in [2.05, 4.69) is 20.4 Å². The molecule has 3 heterocycles. The number of hydrogen-bond donors (Lipinski definition) is 1. The topological polar surface area (TPSA) is 70.6 Å². The third kappa shape index (κ3) is 4.63. The summed E-state index contributed by atoms with van der Waals surface area (Å²) >= 11 is 0. The number of ether oxygens (including phenoxy) is 1. The van der Waals surface area contributed by atoms with Gasteiger partial charge in [-0.3, -0.25) is 4.79 Å². The van der Waals surface area contributed by atoms with Crippen LogP contribution in [0.2, 0.25) is 0 Å². The number of nitrogens with one attached hydrogen (secondary N) is 1. The van der Waals surface area contributed by atoms with Gasteiger partial charge in [-0.15, -0.1) is 0 Å². The van der Waals surface area contributed by atoms with Crippen LogP contribution >= 0.6 is 0 Å². The first-order valence-corrected chi connectivity index (χ1v) is 11.2. The summed E-state index contributed by atoms with van der Waals surface area (Å²) in [5, 5.41) is 12.2. The molecule has 2 aliphatic rings. The fourth-order valence-electron chi connectivity index (χ4n) is 4.26. The minimum atomic E-state index is -4.38. The summed E-state index contributed by atoms with van der Waals surface area (Å²) in [6.45, 7) is 4.00. The van der Waals surface area contributed by atoms with Crippen LogP contribution in [0.15, 0.2) is 48.7 Å². The molecule has 2 aromatic carbocycles. The Morgan fingerprint density at radius 2 is 1.88 bits per heavy atom. The van der Waals surface area contributed by atoms with Crippen molar-refractivity contribution in [2.45, 2.75) is 12.7 Å². The van der Waals surface area contributed by atoms with Gasteiger partial charge in [0.25, 0.3) is 0 Å². The van der Waals surface area contributed by atoms with Gasteiger partial charge in [-0.05, 0) is 35.9 Å². The highest BCUT2D eigenvalue weighted by Crippen LogP contribution is 2.31. The molecule has 0 bridgehead atoms. The van der Waals surface area contributed by atoms with Crippen molar-refractivity contribution in [3.05, 3.63) is 59.8 Å². The quantitative estimate of drug-likeness (QED) is 0.614. The van der Waals surface area contributed by atoms with Crippen LogP contribution in [0.25, 0.3) is 10.9 Å². The van der Waals surface area contributed by atoms with Gasteiger partial charge in [-0.1, -0.05) is 12.1 Å². The Labute approximate surface area is 194 Å². The molecule has 178 valence electrons. The molecule has 0 atom stereocenters. The van der Waals surface area contributed by atoms with Gasteiger partial charge in [-0.2, -0.15) is 23.4 Å². The molecule has 2 aliphatic heterocycles. The Morgan fingerprint density at radius 1 is 1.09 bits per heavy atom. The van der Waals surface area contributed by atoms with Gasteiger partial charge in [0.1, 0.15) is 0 Å². The van der Waals surface area contributed by atoms with E-state index in [1.807, 2.05) is 23.1 Å². The molecule has 2 saturated heterocycles. The van der Waals surface area contributed by atoms with Crippen LogP contribution in [0, 0.1) is 5.92 Å². The highest BCUT2D eigenvalue weighted by Gasteiger charge is 2.32. The summed E-state index contributed by atoms with van der Waals surface area (Å²) in [7, 11) is 0. The average Bonchev–Trinajstić information content (AvgIpc) is 2.81. The van der Waals surface area contributed by atoms with E-state index in [0.717, 1.165) is 36.3 Å². The molecule has 0 radical (unpaired) electrons. The number of halogens is 3. The van der Waals surface area contributed by atoms with E-state index >= 15 is 0 Å². The monoisotopic (exact) mass is 471 g/mol. The van der Waals surface area contributed by atoms with E-state index < -0.39 is 11.7 Å². The normalized spacial score (nSPS) is 17.0. The van der Waals surface area contributed by atoms with Crippen LogP contribution in [0.3, 0.4) is 0 Å². The number of nitrogens with zero attached hydrogens (tertiary/aromatic N) is 4. The molecule has 2 fully saturated rings. The average molecular weight is 471 g/mol. The molecule has 1 aromatic heterocycles. The Morgan fingerprint density at radius 3 is 2.59 bits per heavy atom. The molecular formula is C24H24F3N5O2. The second-order valence-corrected chi connectivity index (χ2v) is 8.56. The van der Waals surface area contributed by atoms with Crippen molar-refractivity contribution in [2.75, 3.05) is 49.6 Å². The second-order valence-electron chi connectivity index (χ2n) is 8.56. The van der Waals surface area contributed by atoms with Crippen molar-refractivity contribution in [3.8, 4) is 0 Å². The van der Waals surface area contributed by atoms with Crippen LogP contribution in [-0.4, -0.2) is 60.4 Å². The highest BCUT2D eigenvalue weighted by atomic mass is 19.4. The molecule has 10 heteroatoms. The van der Waals surface area contributed by atoms with Gasteiger partial charge < -0.3 is 19.9 Å². The Kier molecular flexibility index (Phi) is 5.99. The smallest absolute Gasteiger partial charge is 0.380 e. The first-order chi connectivity index (χ1) is 16.4. The summed E-state index contributed by atoms with van der Waals surface area (Å²) < 4.78 is 44.2. The lowest BCUT2D eigenvalue weighted by atomic mass is 10.1. The molecule has 5 rings (SSSR count). The molecule has 7 nitrogen and oxygen atoms in total. The van der Waals surface area contributed by atoms with Gasteiger partial charge in [0.15, 0.2) is 0 Å². The van der Waals surface area contributed by atoms with Crippen LogP contribution in [0.4, 0.5) is 24.5 Å². The number of carbonyl (C=O) groups is 1. The number of piperazine rings is 1. The number of fused-ring (bicyclic) bond motifs is 1. The number of benzene rings is 2. The van der Waals surface area contributed by atoms with E-state index in [-0.39, 0.29) is 18.4 Å². The number of aromatic nitrogens is 2. The predicted octanol–water partition coefficient (Wildman–Crippen LogP) is 3.56. The third-order valence-corrected chi connectivity index (χ3v) is 6.30. The Balaban J connectivity index is 1.29. The number of alkyl halides is 3. The van der Waals surface area contributed by atoms with Gasteiger partial charge in [-0.25, -0.2) is 0 Å². The molecule has 3 aromatic rings. The Hall–Kier alpha value is -3.40. The molecular weight excluding hydrogens is 447 g/mol. The summed E-state index contributed by atoms with van der Waals surface area (Å²) in [6, 6.07) is 11.1. The largest absolute Gasteiger partial charge is 0.416 e. The molecule has 1 N–H and O–H groups in total. The van der Waals surface area contributed by atoms with E-state index in [1.54, 1.807) is 12.3 Å². The lowest BCUT2D eigenvalue weighted by molar-refractivity contribution is -0.150. The Bertz CT molecular complexity index is 1190. The van der Waals surface area contributed by atoms with Crippen molar-refractivity contribution in [3.63, 3.8) is 0 Å². The molecule has 0 spiro atoms. The molecule has 0 unspecified atom stereocenters.